The van der Waals surface area contributed by atoms with Gasteiger partial charge in [-0.15, -0.1) is 24.0 Å². The third kappa shape index (κ3) is 3.50. The first kappa shape index (κ1) is 14.8. The molecule has 0 amide bonds. The number of aromatic nitrogens is 1. The summed E-state index contributed by atoms with van der Waals surface area (Å²) >= 11 is 0. The minimum Gasteiger partial charge on any atom is -0.370 e. The normalized spacial score (nSPS) is 13.7. The Balaban J connectivity index is 0.00000147. The van der Waals surface area contributed by atoms with E-state index in [4.69, 9.17) is 10.3 Å². The van der Waals surface area contributed by atoms with Crippen LogP contribution in [0, 0.1) is 0 Å². The Morgan fingerprint density at radius 2 is 2.15 bits per heavy atom. The molecule has 0 unspecified atom stereocenters. The molecular formula is C14H17IN4O. The lowest BCUT2D eigenvalue weighted by molar-refractivity contribution is 0.412. The van der Waals surface area contributed by atoms with Gasteiger partial charge in [0.1, 0.15) is 12.0 Å². The Bertz CT molecular complexity index is 595. The van der Waals surface area contributed by atoms with E-state index in [9.17, 15) is 0 Å². The number of aryl methyl sites for hydroxylation is 2. The van der Waals surface area contributed by atoms with E-state index >= 15 is 0 Å². The molecule has 106 valence electrons. The van der Waals surface area contributed by atoms with Crippen molar-refractivity contribution in [2.24, 2.45) is 10.7 Å². The summed E-state index contributed by atoms with van der Waals surface area (Å²) in [6.45, 7) is 0.417. The van der Waals surface area contributed by atoms with Gasteiger partial charge in [0.25, 0.3) is 0 Å². The molecule has 6 heteroatoms. The summed E-state index contributed by atoms with van der Waals surface area (Å²) < 4.78 is 4.73. The van der Waals surface area contributed by atoms with Gasteiger partial charge in [0.2, 0.25) is 0 Å². The van der Waals surface area contributed by atoms with Crippen LogP contribution in [0.1, 0.15) is 23.2 Å². The topological polar surface area (TPSA) is 76.4 Å². The molecule has 0 saturated heterocycles. The fourth-order valence-electron chi connectivity index (χ4n) is 2.32. The molecule has 0 saturated carbocycles. The van der Waals surface area contributed by atoms with Gasteiger partial charge in [0, 0.05) is 11.8 Å². The monoisotopic (exact) mass is 384 g/mol. The molecule has 1 aromatic heterocycles. The van der Waals surface area contributed by atoms with Crippen LogP contribution in [0.25, 0.3) is 0 Å². The Kier molecular flexibility index (Phi) is 4.99. The van der Waals surface area contributed by atoms with Crippen molar-refractivity contribution >= 4 is 35.6 Å². The highest BCUT2D eigenvalue weighted by molar-refractivity contribution is 14.0. The van der Waals surface area contributed by atoms with Gasteiger partial charge in [0.05, 0.1) is 6.54 Å². The SMILES string of the molecule is I.NC(=NCc1ccon1)Nc1ccc2c(c1)CCC2. The van der Waals surface area contributed by atoms with Crippen molar-refractivity contribution in [3.8, 4) is 0 Å². The number of guanidine groups is 1. The maximum atomic E-state index is 5.85. The number of nitrogens with zero attached hydrogens (tertiary/aromatic N) is 2. The number of hydrogen-bond donors (Lipinski definition) is 2. The predicted molar refractivity (Wildman–Crippen MR) is 89.3 cm³/mol. The van der Waals surface area contributed by atoms with Crippen molar-refractivity contribution in [3.05, 3.63) is 47.3 Å². The molecule has 1 aliphatic rings. The molecule has 0 fully saturated rings. The van der Waals surface area contributed by atoms with Crippen LogP contribution in [0.5, 0.6) is 0 Å². The first-order valence-electron chi connectivity index (χ1n) is 6.39. The van der Waals surface area contributed by atoms with E-state index in [0.717, 1.165) is 17.8 Å². The largest absolute Gasteiger partial charge is 0.370 e. The molecule has 3 rings (SSSR count). The molecule has 5 nitrogen and oxygen atoms in total. The highest BCUT2D eigenvalue weighted by atomic mass is 127. The van der Waals surface area contributed by atoms with E-state index in [2.05, 4.69) is 27.6 Å². The van der Waals surface area contributed by atoms with Crippen LogP contribution in [0.2, 0.25) is 0 Å². The summed E-state index contributed by atoms with van der Waals surface area (Å²) in [5.41, 5.74) is 10.5. The maximum Gasteiger partial charge on any atom is 0.193 e. The van der Waals surface area contributed by atoms with Gasteiger partial charge in [-0.3, -0.25) is 0 Å². The highest BCUT2D eigenvalue weighted by Crippen LogP contribution is 2.24. The van der Waals surface area contributed by atoms with Crippen molar-refractivity contribution in [2.45, 2.75) is 25.8 Å². The molecule has 1 aliphatic carbocycles. The van der Waals surface area contributed by atoms with Crippen LogP contribution in [0.4, 0.5) is 5.69 Å². The first-order valence-corrected chi connectivity index (χ1v) is 6.39. The molecular weight excluding hydrogens is 367 g/mol. The fourth-order valence-corrected chi connectivity index (χ4v) is 2.32. The summed E-state index contributed by atoms with van der Waals surface area (Å²) in [6.07, 6.45) is 5.11. The van der Waals surface area contributed by atoms with Crippen LogP contribution in [-0.2, 0) is 19.4 Å². The molecule has 0 bridgehead atoms. The minimum atomic E-state index is 0. The number of nitrogens with two attached hydrogens (primary N) is 1. The lowest BCUT2D eigenvalue weighted by Gasteiger charge is -2.07. The van der Waals surface area contributed by atoms with Gasteiger partial charge in [0.15, 0.2) is 5.96 Å². The fraction of sp³-hybridized carbons (Fsp3) is 0.286. The number of hydrogen-bond acceptors (Lipinski definition) is 3. The summed E-state index contributed by atoms with van der Waals surface area (Å²) in [5, 5.41) is 6.88. The summed E-state index contributed by atoms with van der Waals surface area (Å²) in [4.78, 5) is 4.22. The molecule has 2 aromatic rings. The van der Waals surface area contributed by atoms with Crippen molar-refractivity contribution in [2.75, 3.05) is 5.32 Å². The Labute approximate surface area is 134 Å². The zero-order chi connectivity index (χ0) is 13.1. The molecule has 1 aromatic carbocycles. The number of aliphatic imine (C=N–C) groups is 1. The number of benzene rings is 1. The number of nitrogens with one attached hydrogen (secondary N) is 1. The first-order chi connectivity index (χ1) is 9.31. The Morgan fingerprint density at radius 1 is 1.30 bits per heavy atom. The van der Waals surface area contributed by atoms with Crippen LogP contribution in [0.3, 0.4) is 0 Å². The molecule has 0 aliphatic heterocycles. The molecule has 3 N–H and O–H groups in total. The van der Waals surface area contributed by atoms with Crippen LogP contribution < -0.4 is 11.1 Å². The zero-order valence-electron chi connectivity index (χ0n) is 11.0. The van der Waals surface area contributed by atoms with Crippen molar-refractivity contribution in [3.63, 3.8) is 0 Å². The summed E-state index contributed by atoms with van der Waals surface area (Å²) in [5.74, 6) is 0.390. The van der Waals surface area contributed by atoms with E-state index < -0.39 is 0 Å². The third-order valence-corrected chi connectivity index (χ3v) is 3.27. The lowest BCUT2D eigenvalue weighted by atomic mass is 10.1. The highest BCUT2D eigenvalue weighted by Gasteiger charge is 2.10. The lowest BCUT2D eigenvalue weighted by Crippen LogP contribution is -2.22. The molecule has 20 heavy (non-hydrogen) atoms. The second kappa shape index (κ2) is 6.74. The van der Waals surface area contributed by atoms with Gasteiger partial charge >= 0.3 is 0 Å². The van der Waals surface area contributed by atoms with Crippen LogP contribution in [0.15, 0.2) is 40.0 Å². The molecule has 0 spiro atoms. The zero-order valence-corrected chi connectivity index (χ0v) is 13.3. The second-order valence-corrected chi connectivity index (χ2v) is 4.65. The third-order valence-electron chi connectivity index (χ3n) is 3.27. The molecule has 0 atom stereocenters. The molecule has 0 radical (unpaired) electrons. The average Bonchev–Trinajstić information content (AvgIpc) is 3.07. The van der Waals surface area contributed by atoms with Gasteiger partial charge in [-0.25, -0.2) is 4.99 Å². The van der Waals surface area contributed by atoms with Crippen LogP contribution in [-0.4, -0.2) is 11.1 Å². The van der Waals surface area contributed by atoms with Gasteiger partial charge in [-0.05, 0) is 42.5 Å². The average molecular weight is 384 g/mol. The smallest absolute Gasteiger partial charge is 0.193 e. The van der Waals surface area contributed by atoms with E-state index in [-0.39, 0.29) is 24.0 Å². The van der Waals surface area contributed by atoms with Gasteiger partial charge in [-0.1, -0.05) is 11.2 Å². The van der Waals surface area contributed by atoms with Gasteiger partial charge in [-0.2, -0.15) is 0 Å². The summed E-state index contributed by atoms with van der Waals surface area (Å²) in [6, 6.07) is 8.13. The van der Waals surface area contributed by atoms with Crippen molar-refractivity contribution < 1.29 is 4.52 Å². The predicted octanol–water partition coefficient (Wildman–Crippen LogP) is 2.71. The number of rotatable bonds is 3. The minimum absolute atomic E-state index is 0. The maximum absolute atomic E-state index is 5.85. The standard InChI is InChI=1S/C14H16N4O.HI/c15-14(16-9-13-6-7-19-18-13)17-12-5-4-10-2-1-3-11(10)8-12;/h4-8H,1-3,9H2,(H3,15,16,17);1H. The second-order valence-electron chi connectivity index (χ2n) is 4.65. The van der Waals surface area contributed by atoms with Gasteiger partial charge < -0.3 is 15.6 Å². The molecule has 1 heterocycles. The number of halogens is 1. The Morgan fingerprint density at radius 3 is 2.95 bits per heavy atom. The van der Waals surface area contributed by atoms with E-state index in [1.807, 2.05) is 6.07 Å². The van der Waals surface area contributed by atoms with Crippen molar-refractivity contribution in [1.29, 1.82) is 0 Å². The number of anilines is 1. The van der Waals surface area contributed by atoms with E-state index in [0.29, 0.717) is 12.5 Å². The summed E-state index contributed by atoms with van der Waals surface area (Å²) in [7, 11) is 0. The van der Waals surface area contributed by atoms with E-state index in [1.54, 1.807) is 6.07 Å². The number of fused-ring (bicyclic) bond motifs is 1. The Hall–Kier alpha value is -1.57. The van der Waals surface area contributed by atoms with Crippen LogP contribution >= 0.6 is 24.0 Å². The van der Waals surface area contributed by atoms with E-state index in [1.165, 1.54) is 30.2 Å². The van der Waals surface area contributed by atoms with Crippen molar-refractivity contribution in [1.82, 2.24) is 5.16 Å². The quantitative estimate of drug-likeness (QED) is 0.485.